The van der Waals surface area contributed by atoms with Crippen LogP contribution in [0.2, 0.25) is 0 Å². The maximum Gasteiger partial charge on any atom is 0.123 e. The fourth-order valence-electron chi connectivity index (χ4n) is 4.71. The Balaban J connectivity index is 0.00000121. The van der Waals surface area contributed by atoms with E-state index in [2.05, 4.69) is 65.4 Å². The first-order valence-electron chi connectivity index (χ1n) is 8.85. The summed E-state index contributed by atoms with van der Waals surface area (Å²) in [6.45, 7) is 4.55. The Morgan fingerprint density at radius 1 is 0.923 bits per heavy atom. The topological polar surface area (TPSA) is 15.7 Å². The van der Waals surface area contributed by atoms with Crippen LogP contribution in [-0.2, 0) is 6.54 Å². The molecule has 0 aromatic heterocycles. The van der Waals surface area contributed by atoms with Crippen molar-refractivity contribution in [3.63, 3.8) is 0 Å². The molecule has 142 valence electrons. The molecule has 2 aromatic rings. The second-order valence-corrected chi connectivity index (χ2v) is 7.22. The third kappa shape index (κ3) is 4.01. The van der Waals surface area contributed by atoms with Crippen molar-refractivity contribution in [1.29, 1.82) is 0 Å². The zero-order valence-corrected chi connectivity index (χ0v) is 17.0. The number of methoxy groups -OCH3 is 1. The molecule has 0 aliphatic carbocycles. The van der Waals surface area contributed by atoms with E-state index >= 15 is 0 Å². The van der Waals surface area contributed by atoms with Crippen molar-refractivity contribution in [2.24, 2.45) is 11.8 Å². The second-order valence-electron chi connectivity index (χ2n) is 7.22. The zero-order valence-electron chi connectivity index (χ0n) is 15.4. The summed E-state index contributed by atoms with van der Waals surface area (Å²) in [6.07, 6.45) is 0. The van der Waals surface area contributed by atoms with Gasteiger partial charge in [-0.1, -0.05) is 48.5 Å². The van der Waals surface area contributed by atoms with E-state index in [-0.39, 0.29) is 24.8 Å². The maximum absolute atomic E-state index is 5.52. The average molecular weight is 395 g/mol. The highest BCUT2D eigenvalue weighted by Crippen LogP contribution is 2.44. The van der Waals surface area contributed by atoms with Gasteiger partial charge in [0.05, 0.1) is 7.11 Å². The van der Waals surface area contributed by atoms with Gasteiger partial charge in [-0.25, -0.2) is 0 Å². The largest absolute Gasteiger partial charge is 0.496 e. The van der Waals surface area contributed by atoms with Gasteiger partial charge in [-0.2, -0.15) is 0 Å². The number of halogens is 2. The summed E-state index contributed by atoms with van der Waals surface area (Å²) >= 11 is 0. The molecular formula is C21H28Cl2N2O. The van der Waals surface area contributed by atoms with Gasteiger partial charge in [0.15, 0.2) is 0 Å². The third-order valence-electron chi connectivity index (χ3n) is 5.70. The number of fused-ring (bicyclic) bond motifs is 1. The van der Waals surface area contributed by atoms with Gasteiger partial charge in [0.2, 0.25) is 0 Å². The standard InChI is InChI=1S/C21H26N2O.2ClH/c1-22-12-18-14-23(13-17-10-6-7-11-20(17)24-2)15-19(18)21(22)16-8-4-3-5-9-16;;/h3-11,18-19,21H,12-15H2,1-2H3;2*1H/t18-,19+,21-;;/m0../s1. The monoisotopic (exact) mass is 394 g/mol. The van der Waals surface area contributed by atoms with Gasteiger partial charge in [-0.15, -0.1) is 24.8 Å². The molecule has 4 rings (SSSR count). The quantitative estimate of drug-likeness (QED) is 0.769. The van der Waals surface area contributed by atoms with Crippen molar-refractivity contribution in [2.75, 3.05) is 33.8 Å². The number of benzene rings is 2. The molecule has 26 heavy (non-hydrogen) atoms. The first kappa shape index (κ1) is 21.0. The lowest BCUT2D eigenvalue weighted by atomic mass is 9.90. The van der Waals surface area contributed by atoms with Gasteiger partial charge in [0, 0.05) is 37.8 Å². The smallest absolute Gasteiger partial charge is 0.123 e. The van der Waals surface area contributed by atoms with Gasteiger partial charge in [0.1, 0.15) is 5.75 Å². The van der Waals surface area contributed by atoms with Crippen molar-refractivity contribution in [1.82, 2.24) is 9.80 Å². The van der Waals surface area contributed by atoms with E-state index in [1.165, 1.54) is 30.8 Å². The van der Waals surface area contributed by atoms with Crippen molar-refractivity contribution in [3.8, 4) is 5.75 Å². The van der Waals surface area contributed by atoms with E-state index in [4.69, 9.17) is 4.74 Å². The second kappa shape index (κ2) is 9.09. The number of likely N-dealkylation sites (tertiary alicyclic amines) is 2. The highest BCUT2D eigenvalue weighted by molar-refractivity contribution is 5.85. The van der Waals surface area contributed by atoms with Crippen LogP contribution in [0, 0.1) is 11.8 Å². The molecule has 2 aromatic carbocycles. The minimum absolute atomic E-state index is 0. The van der Waals surface area contributed by atoms with E-state index in [1.807, 2.05) is 6.07 Å². The molecule has 0 N–H and O–H groups in total. The lowest BCUT2D eigenvalue weighted by Crippen LogP contribution is -2.29. The number of hydrogen-bond acceptors (Lipinski definition) is 3. The molecule has 0 radical (unpaired) electrons. The molecule has 3 atom stereocenters. The Morgan fingerprint density at radius 2 is 1.62 bits per heavy atom. The average Bonchev–Trinajstić information content (AvgIpc) is 3.11. The minimum Gasteiger partial charge on any atom is -0.496 e. The molecule has 2 fully saturated rings. The van der Waals surface area contributed by atoms with Crippen LogP contribution in [0.5, 0.6) is 5.75 Å². The fourth-order valence-corrected chi connectivity index (χ4v) is 4.71. The van der Waals surface area contributed by atoms with Gasteiger partial charge in [-0.3, -0.25) is 9.80 Å². The van der Waals surface area contributed by atoms with Crippen LogP contribution in [0.1, 0.15) is 17.2 Å². The van der Waals surface area contributed by atoms with Gasteiger partial charge in [-0.05, 0) is 30.5 Å². The predicted octanol–water partition coefficient (Wildman–Crippen LogP) is 4.27. The Bertz CT molecular complexity index is 697. The summed E-state index contributed by atoms with van der Waals surface area (Å²) in [6, 6.07) is 20.0. The van der Waals surface area contributed by atoms with Crippen molar-refractivity contribution < 1.29 is 4.74 Å². The van der Waals surface area contributed by atoms with Crippen LogP contribution < -0.4 is 4.74 Å². The van der Waals surface area contributed by atoms with E-state index in [1.54, 1.807) is 7.11 Å². The molecule has 2 aliphatic rings. The van der Waals surface area contributed by atoms with Gasteiger partial charge < -0.3 is 4.74 Å². The van der Waals surface area contributed by atoms with Crippen LogP contribution >= 0.6 is 24.8 Å². The normalized spacial score (nSPS) is 25.2. The predicted molar refractivity (Wildman–Crippen MR) is 112 cm³/mol. The summed E-state index contributed by atoms with van der Waals surface area (Å²) < 4.78 is 5.52. The van der Waals surface area contributed by atoms with E-state index in [0.29, 0.717) is 6.04 Å². The zero-order chi connectivity index (χ0) is 16.5. The van der Waals surface area contributed by atoms with Crippen LogP contribution in [0.4, 0.5) is 0 Å². The summed E-state index contributed by atoms with van der Waals surface area (Å²) in [5.41, 5.74) is 2.76. The highest BCUT2D eigenvalue weighted by Gasteiger charge is 2.45. The highest BCUT2D eigenvalue weighted by atomic mass is 35.5. The Hall–Kier alpha value is -1.26. The maximum atomic E-state index is 5.52. The molecule has 0 saturated carbocycles. The Kier molecular flexibility index (Phi) is 7.36. The SMILES string of the molecule is COc1ccccc1CN1C[C@@H]2CN(C)[C@@H](c3ccccc3)[C@@H]2C1.Cl.Cl. The molecule has 5 heteroatoms. The number of hydrogen-bond donors (Lipinski definition) is 0. The van der Waals surface area contributed by atoms with Crippen LogP contribution in [0.3, 0.4) is 0 Å². The van der Waals surface area contributed by atoms with Crippen molar-refractivity contribution >= 4 is 24.8 Å². The molecule has 0 bridgehead atoms. The third-order valence-corrected chi connectivity index (χ3v) is 5.70. The molecule has 2 saturated heterocycles. The van der Waals surface area contributed by atoms with Crippen LogP contribution in [-0.4, -0.2) is 43.6 Å². The van der Waals surface area contributed by atoms with E-state index in [0.717, 1.165) is 24.1 Å². The number of para-hydroxylation sites is 1. The summed E-state index contributed by atoms with van der Waals surface area (Å²) in [4.78, 5) is 5.15. The summed E-state index contributed by atoms with van der Waals surface area (Å²) in [5.74, 6) is 2.51. The molecule has 0 amide bonds. The fraction of sp³-hybridized carbons (Fsp3) is 0.429. The Labute approximate surface area is 169 Å². The van der Waals surface area contributed by atoms with Crippen LogP contribution in [0.25, 0.3) is 0 Å². The molecule has 3 nitrogen and oxygen atoms in total. The Morgan fingerprint density at radius 3 is 2.35 bits per heavy atom. The van der Waals surface area contributed by atoms with Crippen molar-refractivity contribution in [3.05, 3.63) is 65.7 Å². The molecule has 0 unspecified atom stereocenters. The first-order chi connectivity index (χ1) is 11.8. The summed E-state index contributed by atoms with van der Waals surface area (Å²) in [7, 11) is 4.04. The van der Waals surface area contributed by atoms with E-state index < -0.39 is 0 Å². The van der Waals surface area contributed by atoms with Crippen LogP contribution in [0.15, 0.2) is 54.6 Å². The van der Waals surface area contributed by atoms with Gasteiger partial charge >= 0.3 is 0 Å². The molecular weight excluding hydrogens is 367 g/mol. The van der Waals surface area contributed by atoms with Crippen molar-refractivity contribution in [2.45, 2.75) is 12.6 Å². The molecule has 2 aliphatic heterocycles. The lowest BCUT2D eigenvalue weighted by Gasteiger charge is -2.27. The first-order valence-corrected chi connectivity index (χ1v) is 8.85. The number of nitrogens with zero attached hydrogens (tertiary/aromatic N) is 2. The number of ether oxygens (including phenoxy) is 1. The molecule has 2 heterocycles. The minimum atomic E-state index is 0. The molecule has 0 spiro atoms. The number of rotatable bonds is 4. The summed E-state index contributed by atoms with van der Waals surface area (Å²) in [5, 5.41) is 0. The lowest BCUT2D eigenvalue weighted by molar-refractivity contribution is 0.223. The van der Waals surface area contributed by atoms with Gasteiger partial charge in [0.25, 0.3) is 0 Å². The van der Waals surface area contributed by atoms with E-state index in [9.17, 15) is 0 Å².